The number of anilines is 1. The van der Waals surface area contributed by atoms with Crippen LogP contribution in [-0.4, -0.2) is 15.3 Å². The van der Waals surface area contributed by atoms with E-state index in [4.69, 9.17) is 0 Å². The van der Waals surface area contributed by atoms with E-state index in [2.05, 4.69) is 10.3 Å². The molecule has 8 heteroatoms. The molecule has 1 N–H and O–H groups in total. The highest BCUT2D eigenvalue weighted by molar-refractivity contribution is 6.05. The summed E-state index contributed by atoms with van der Waals surface area (Å²) in [7, 11) is 0. The lowest BCUT2D eigenvalue weighted by atomic mass is 10.1. The van der Waals surface area contributed by atoms with Crippen molar-refractivity contribution in [3.63, 3.8) is 0 Å². The molecule has 2 aromatic heterocycles. The summed E-state index contributed by atoms with van der Waals surface area (Å²) >= 11 is 0. The van der Waals surface area contributed by atoms with Gasteiger partial charge in [-0.3, -0.25) is 9.20 Å². The van der Waals surface area contributed by atoms with E-state index in [-0.39, 0.29) is 22.6 Å². The molecule has 0 unspecified atom stereocenters. The van der Waals surface area contributed by atoms with Crippen molar-refractivity contribution in [1.82, 2.24) is 9.38 Å². The van der Waals surface area contributed by atoms with Crippen LogP contribution in [0.1, 0.15) is 21.5 Å². The van der Waals surface area contributed by atoms with E-state index < -0.39 is 23.5 Å². The molecule has 30 heavy (non-hydrogen) atoms. The summed E-state index contributed by atoms with van der Waals surface area (Å²) in [5.74, 6) is -0.920. The summed E-state index contributed by atoms with van der Waals surface area (Å²) in [6.45, 7) is 1.85. The van der Waals surface area contributed by atoms with E-state index in [0.29, 0.717) is 5.65 Å². The molecule has 0 aliphatic carbocycles. The van der Waals surface area contributed by atoms with Crippen LogP contribution in [0.2, 0.25) is 0 Å². The average Bonchev–Trinajstić information content (AvgIpc) is 3.05. The molecule has 0 radical (unpaired) electrons. The van der Waals surface area contributed by atoms with Crippen molar-refractivity contribution < 1.29 is 22.4 Å². The van der Waals surface area contributed by atoms with Gasteiger partial charge in [0.05, 0.1) is 5.56 Å². The zero-order valence-corrected chi connectivity index (χ0v) is 15.7. The van der Waals surface area contributed by atoms with E-state index in [1.807, 2.05) is 13.0 Å². The van der Waals surface area contributed by atoms with Crippen LogP contribution < -0.4 is 5.32 Å². The van der Waals surface area contributed by atoms with Crippen LogP contribution in [0, 0.1) is 12.7 Å². The number of amides is 1. The number of rotatable bonds is 3. The maximum atomic E-state index is 14.4. The Morgan fingerprint density at radius 1 is 1.00 bits per heavy atom. The molecule has 1 amide bonds. The number of imidazole rings is 1. The molecule has 4 rings (SSSR count). The van der Waals surface area contributed by atoms with Crippen LogP contribution in [0.3, 0.4) is 0 Å². The third-order valence-corrected chi connectivity index (χ3v) is 4.60. The number of alkyl halides is 3. The van der Waals surface area contributed by atoms with Crippen molar-refractivity contribution in [2.24, 2.45) is 0 Å². The van der Waals surface area contributed by atoms with E-state index in [9.17, 15) is 22.4 Å². The van der Waals surface area contributed by atoms with Gasteiger partial charge in [0.1, 0.15) is 23.0 Å². The standard InChI is InChI=1S/C22H15F4N3O/c1-13-6-11-18-27-19(16-4-2-3-5-17(16)23)20(29(18)12-13)28-21(30)14-7-9-15(10-8-14)22(24,25)26/h2-12H,1H3,(H,28,30). The molecule has 0 aliphatic heterocycles. The Bertz CT molecular complexity index is 1240. The number of aromatic nitrogens is 2. The van der Waals surface area contributed by atoms with Gasteiger partial charge in [-0.15, -0.1) is 0 Å². The Morgan fingerprint density at radius 2 is 1.70 bits per heavy atom. The van der Waals surface area contributed by atoms with E-state index >= 15 is 0 Å². The number of carbonyl (C=O) groups is 1. The SMILES string of the molecule is Cc1ccc2nc(-c3ccccc3F)c(NC(=O)c3ccc(C(F)(F)F)cc3)n2c1. The lowest BCUT2D eigenvalue weighted by Gasteiger charge is -2.10. The molecule has 0 atom stereocenters. The number of halogens is 4. The summed E-state index contributed by atoms with van der Waals surface area (Å²) < 4.78 is 54.3. The van der Waals surface area contributed by atoms with Crippen molar-refractivity contribution in [2.75, 3.05) is 5.32 Å². The first-order valence-corrected chi connectivity index (χ1v) is 8.96. The van der Waals surface area contributed by atoms with Crippen molar-refractivity contribution >= 4 is 17.4 Å². The molecule has 2 heterocycles. The molecular weight excluding hydrogens is 398 g/mol. The Hall–Kier alpha value is -3.68. The topological polar surface area (TPSA) is 46.4 Å². The number of aryl methyl sites for hydroxylation is 1. The monoisotopic (exact) mass is 413 g/mol. The van der Waals surface area contributed by atoms with Gasteiger partial charge in [0, 0.05) is 17.3 Å². The van der Waals surface area contributed by atoms with Gasteiger partial charge < -0.3 is 5.32 Å². The van der Waals surface area contributed by atoms with Crippen LogP contribution in [0.15, 0.2) is 66.9 Å². The van der Waals surface area contributed by atoms with E-state index in [1.165, 1.54) is 12.1 Å². The summed E-state index contributed by atoms with van der Waals surface area (Å²) in [6.07, 6.45) is -2.76. The summed E-state index contributed by atoms with van der Waals surface area (Å²) in [4.78, 5) is 17.2. The number of benzene rings is 2. The largest absolute Gasteiger partial charge is 0.416 e. The molecule has 0 saturated carbocycles. The average molecular weight is 413 g/mol. The molecule has 0 fully saturated rings. The summed E-state index contributed by atoms with van der Waals surface area (Å²) in [5, 5.41) is 2.67. The third-order valence-electron chi connectivity index (χ3n) is 4.60. The fraction of sp³-hybridized carbons (Fsp3) is 0.0909. The molecule has 152 valence electrons. The predicted octanol–water partition coefficient (Wildman–Crippen LogP) is 5.72. The second-order valence-electron chi connectivity index (χ2n) is 6.75. The first-order chi connectivity index (χ1) is 14.2. The highest BCUT2D eigenvalue weighted by Crippen LogP contribution is 2.32. The second kappa shape index (κ2) is 7.29. The zero-order chi connectivity index (χ0) is 21.5. The Morgan fingerprint density at radius 3 is 2.37 bits per heavy atom. The Kier molecular flexibility index (Phi) is 4.77. The van der Waals surface area contributed by atoms with Gasteiger partial charge in [0.25, 0.3) is 5.91 Å². The summed E-state index contributed by atoms with van der Waals surface area (Å²) in [6, 6.07) is 13.4. The van der Waals surface area contributed by atoms with Gasteiger partial charge in [-0.25, -0.2) is 9.37 Å². The first-order valence-electron chi connectivity index (χ1n) is 8.96. The smallest absolute Gasteiger partial charge is 0.306 e. The zero-order valence-electron chi connectivity index (χ0n) is 15.7. The highest BCUT2D eigenvalue weighted by atomic mass is 19.4. The van der Waals surface area contributed by atoms with Gasteiger partial charge in [-0.2, -0.15) is 13.2 Å². The van der Waals surface area contributed by atoms with Gasteiger partial charge >= 0.3 is 6.18 Å². The van der Waals surface area contributed by atoms with Crippen molar-refractivity contribution in [2.45, 2.75) is 13.1 Å². The predicted molar refractivity (Wildman–Crippen MR) is 105 cm³/mol. The first kappa shape index (κ1) is 19.6. The normalized spacial score (nSPS) is 11.6. The van der Waals surface area contributed by atoms with Crippen LogP contribution in [0.4, 0.5) is 23.4 Å². The minimum Gasteiger partial charge on any atom is -0.306 e. The number of nitrogens with one attached hydrogen (secondary N) is 1. The minimum atomic E-state index is -4.49. The third kappa shape index (κ3) is 3.63. The van der Waals surface area contributed by atoms with Crippen molar-refractivity contribution in [3.05, 3.63) is 89.4 Å². The fourth-order valence-electron chi connectivity index (χ4n) is 3.10. The van der Waals surface area contributed by atoms with Gasteiger partial charge in [0.2, 0.25) is 0 Å². The van der Waals surface area contributed by atoms with E-state index in [0.717, 1.165) is 29.8 Å². The van der Waals surface area contributed by atoms with Gasteiger partial charge in [0.15, 0.2) is 0 Å². The molecule has 4 nitrogen and oxygen atoms in total. The molecular formula is C22H15F4N3O. The molecule has 0 saturated heterocycles. The van der Waals surface area contributed by atoms with Crippen LogP contribution in [-0.2, 0) is 6.18 Å². The lowest BCUT2D eigenvalue weighted by Crippen LogP contribution is -2.15. The van der Waals surface area contributed by atoms with Gasteiger partial charge in [-0.1, -0.05) is 18.2 Å². The number of hydrogen-bond donors (Lipinski definition) is 1. The molecule has 0 spiro atoms. The molecule has 0 aliphatic rings. The van der Waals surface area contributed by atoms with Crippen molar-refractivity contribution in [3.8, 4) is 11.3 Å². The molecule has 4 aromatic rings. The number of nitrogens with zero attached hydrogens (tertiary/aromatic N) is 2. The maximum absolute atomic E-state index is 14.4. The second-order valence-corrected chi connectivity index (χ2v) is 6.75. The van der Waals surface area contributed by atoms with Crippen LogP contribution >= 0.6 is 0 Å². The summed E-state index contributed by atoms with van der Waals surface area (Å²) in [5.41, 5.74) is 0.966. The quantitative estimate of drug-likeness (QED) is 0.437. The Balaban J connectivity index is 1.78. The number of carbonyl (C=O) groups excluding carboxylic acids is 1. The van der Waals surface area contributed by atoms with Gasteiger partial charge in [-0.05, 0) is 55.0 Å². The number of pyridine rings is 1. The Labute approximate surface area is 168 Å². The number of fused-ring (bicyclic) bond motifs is 1. The fourth-order valence-corrected chi connectivity index (χ4v) is 3.10. The highest BCUT2D eigenvalue weighted by Gasteiger charge is 2.30. The van der Waals surface area contributed by atoms with Crippen LogP contribution in [0.5, 0.6) is 0 Å². The molecule has 0 bridgehead atoms. The van der Waals surface area contributed by atoms with Crippen molar-refractivity contribution in [1.29, 1.82) is 0 Å². The minimum absolute atomic E-state index is 0.0325. The van der Waals surface area contributed by atoms with E-state index in [1.54, 1.807) is 28.8 Å². The number of hydrogen-bond acceptors (Lipinski definition) is 2. The molecule has 2 aromatic carbocycles. The maximum Gasteiger partial charge on any atom is 0.416 e. The van der Waals surface area contributed by atoms with Crippen LogP contribution in [0.25, 0.3) is 16.9 Å². The lowest BCUT2D eigenvalue weighted by molar-refractivity contribution is -0.137.